The van der Waals surface area contributed by atoms with E-state index in [9.17, 15) is 0 Å². The molecule has 6 nitrogen and oxygen atoms in total. The molecule has 1 fully saturated rings. The summed E-state index contributed by atoms with van der Waals surface area (Å²) in [6.07, 6.45) is 2.37. The summed E-state index contributed by atoms with van der Waals surface area (Å²) in [7, 11) is 3.44. The Labute approximate surface area is 201 Å². The lowest BCUT2D eigenvalue weighted by atomic mass is 10.0. The first-order valence-corrected chi connectivity index (χ1v) is 11.8. The van der Waals surface area contributed by atoms with E-state index in [2.05, 4.69) is 72.7 Å². The third-order valence-corrected chi connectivity index (χ3v) is 6.66. The second kappa shape index (κ2) is 9.11. The number of benzene rings is 2. The number of fused-ring (bicyclic) bond motifs is 1. The summed E-state index contributed by atoms with van der Waals surface area (Å²) >= 11 is 0. The minimum Gasteiger partial charge on any atom is -0.497 e. The lowest BCUT2D eigenvalue weighted by Gasteiger charge is -2.28. The molecule has 1 aliphatic carbocycles. The molecule has 34 heavy (non-hydrogen) atoms. The van der Waals surface area contributed by atoms with Gasteiger partial charge >= 0.3 is 0 Å². The molecular formula is C28H32N4O2. The Morgan fingerprint density at radius 2 is 1.76 bits per heavy atom. The minimum atomic E-state index is 0.497. The van der Waals surface area contributed by atoms with E-state index in [0.717, 1.165) is 57.4 Å². The van der Waals surface area contributed by atoms with E-state index >= 15 is 0 Å². The van der Waals surface area contributed by atoms with Gasteiger partial charge in [-0.3, -0.25) is 0 Å². The smallest absolute Gasteiger partial charge is 0.165 e. The van der Waals surface area contributed by atoms with Gasteiger partial charge in [0, 0.05) is 36.5 Å². The molecule has 0 radical (unpaired) electrons. The highest BCUT2D eigenvalue weighted by Gasteiger charge is 2.34. The van der Waals surface area contributed by atoms with Gasteiger partial charge in [0.2, 0.25) is 0 Å². The van der Waals surface area contributed by atoms with Crippen molar-refractivity contribution in [2.75, 3.05) is 19.1 Å². The van der Waals surface area contributed by atoms with Gasteiger partial charge in [-0.15, -0.1) is 0 Å². The zero-order chi connectivity index (χ0) is 23.8. The van der Waals surface area contributed by atoms with Crippen molar-refractivity contribution in [1.29, 1.82) is 0 Å². The highest BCUT2D eigenvalue weighted by atomic mass is 16.5. The molecule has 4 aromatic rings. The van der Waals surface area contributed by atoms with Crippen molar-refractivity contribution in [3.05, 3.63) is 76.6 Å². The molecule has 0 amide bonds. The number of hydrogen-bond donors (Lipinski definition) is 0. The van der Waals surface area contributed by atoms with Gasteiger partial charge < -0.3 is 14.4 Å². The van der Waals surface area contributed by atoms with Crippen LogP contribution in [0.1, 0.15) is 40.9 Å². The Morgan fingerprint density at radius 1 is 1.00 bits per heavy atom. The Balaban J connectivity index is 1.73. The van der Waals surface area contributed by atoms with Crippen LogP contribution in [-0.4, -0.2) is 34.9 Å². The Hall–Kier alpha value is -3.38. The van der Waals surface area contributed by atoms with Crippen LogP contribution in [0.4, 0.5) is 5.82 Å². The second-order valence-corrected chi connectivity index (χ2v) is 9.15. The SMILES string of the molecule is COCc1c(C)nc2c(-c3ccc(OC)cc3C)c(C)nn2c1N(Cc1ccccc1)C1CC1. The van der Waals surface area contributed by atoms with Crippen LogP contribution in [0.5, 0.6) is 5.75 Å². The summed E-state index contributed by atoms with van der Waals surface area (Å²) in [6.45, 7) is 7.59. The van der Waals surface area contributed by atoms with Crippen molar-refractivity contribution in [3.63, 3.8) is 0 Å². The number of nitrogens with zero attached hydrogens (tertiary/aromatic N) is 4. The van der Waals surface area contributed by atoms with E-state index in [1.54, 1.807) is 14.2 Å². The first-order valence-electron chi connectivity index (χ1n) is 11.8. The highest BCUT2D eigenvalue weighted by Crippen LogP contribution is 2.39. The van der Waals surface area contributed by atoms with Crippen molar-refractivity contribution in [2.45, 2.75) is 52.8 Å². The zero-order valence-corrected chi connectivity index (χ0v) is 20.6. The van der Waals surface area contributed by atoms with Gasteiger partial charge in [0.15, 0.2) is 5.65 Å². The van der Waals surface area contributed by atoms with Gasteiger partial charge in [-0.05, 0) is 62.4 Å². The van der Waals surface area contributed by atoms with Crippen LogP contribution in [0.15, 0.2) is 48.5 Å². The van der Waals surface area contributed by atoms with E-state index in [1.165, 1.54) is 18.4 Å². The fraction of sp³-hybridized carbons (Fsp3) is 0.357. The number of hydrogen-bond acceptors (Lipinski definition) is 5. The average Bonchev–Trinajstić information content (AvgIpc) is 3.63. The van der Waals surface area contributed by atoms with E-state index in [4.69, 9.17) is 19.6 Å². The van der Waals surface area contributed by atoms with Crippen LogP contribution in [0.2, 0.25) is 0 Å². The fourth-order valence-corrected chi connectivity index (χ4v) is 4.79. The predicted octanol–water partition coefficient (Wildman–Crippen LogP) is 5.65. The summed E-state index contributed by atoms with van der Waals surface area (Å²) in [5.74, 6) is 1.95. The summed E-state index contributed by atoms with van der Waals surface area (Å²) in [6, 6.07) is 17.3. The number of aromatic nitrogens is 3. The maximum absolute atomic E-state index is 5.64. The van der Waals surface area contributed by atoms with Gasteiger partial charge in [-0.2, -0.15) is 9.61 Å². The lowest BCUT2D eigenvalue weighted by Crippen LogP contribution is -2.29. The standard InChI is InChI=1S/C28H32N4O2/c1-18-15-23(34-5)13-14-24(18)26-20(3)30-32-27(26)29-19(2)25(17-33-4)28(32)31(22-11-12-22)16-21-9-7-6-8-10-21/h6-10,13-15,22H,11-12,16-17H2,1-5H3. The molecule has 0 aliphatic heterocycles. The van der Waals surface area contributed by atoms with Crippen LogP contribution in [0, 0.1) is 20.8 Å². The molecule has 176 valence electrons. The molecule has 1 saturated carbocycles. The second-order valence-electron chi connectivity index (χ2n) is 9.15. The molecule has 2 heterocycles. The predicted molar refractivity (Wildman–Crippen MR) is 136 cm³/mol. The molecule has 1 aliphatic rings. The lowest BCUT2D eigenvalue weighted by molar-refractivity contribution is 0.183. The van der Waals surface area contributed by atoms with E-state index in [-0.39, 0.29) is 0 Å². The Kier molecular flexibility index (Phi) is 6.00. The van der Waals surface area contributed by atoms with E-state index in [1.807, 2.05) is 6.07 Å². The third-order valence-electron chi connectivity index (χ3n) is 6.66. The number of rotatable bonds is 8. The summed E-state index contributed by atoms with van der Waals surface area (Å²) in [5.41, 5.74) is 8.56. The molecule has 6 heteroatoms. The zero-order valence-electron chi connectivity index (χ0n) is 20.6. The summed E-state index contributed by atoms with van der Waals surface area (Å²) in [4.78, 5) is 7.57. The van der Waals surface area contributed by atoms with E-state index < -0.39 is 0 Å². The molecular weight excluding hydrogens is 424 g/mol. The van der Waals surface area contributed by atoms with Crippen LogP contribution in [0.3, 0.4) is 0 Å². The third kappa shape index (κ3) is 4.03. The summed E-state index contributed by atoms with van der Waals surface area (Å²) in [5, 5.41) is 5.06. The molecule has 0 bridgehead atoms. The Morgan fingerprint density at radius 3 is 2.41 bits per heavy atom. The molecule has 0 N–H and O–H groups in total. The minimum absolute atomic E-state index is 0.497. The van der Waals surface area contributed by atoms with Crippen molar-refractivity contribution in [2.24, 2.45) is 0 Å². The van der Waals surface area contributed by atoms with Crippen molar-refractivity contribution in [1.82, 2.24) is 14.6 Å². The first-order chi connectivity index (χ1) is 16.5. The number of methoxy groups -OCH3 is 2. The molecule has 0 saturated heterocycles. The van der Waals surface area contributed by atoms with Gasteiger partial charge in [0.05, 0.1) is 19.4 Å². The monoisotopic (exact) mass is 456 g/mol. The topological polar surface area (TPSA) is 51.9 Å². The van der Waals surface area contributed by atoms with Crippen LogP contribution in [0.25, 0.3) is 16.8 Å². The van der Waals surface area contributed by atoms with Crippen molar-refractivity contribution >= 4 is 11.5 Å². The van der Waals surface area contributed by atoms with Gasteiger partial charge in [-0.1, -0.05) is 36.4 Å². The van der Waals surface area contributed by atoms with Gasteiger partial charge in [-0.25, -0.2) is 4.98 Å². The highest BCUT2D eigenvalue weighted by molar-refractivity contribution is 5.83. The van der Waals surface area contributed by atoms with Crippen LogP contribution < -0.4 is 9.64 Å². The molecule has 5 rings (SSSR count). The quantitative estimate of drug-likeness (QED) is 0.343. The molecule has 2 aromatic carbocycles. The molecule has 2 aromatic heterocycles. The summed E-state index contributed by atoms with van der Waals surface area (Å²) < 4.78 is 13.1. The molecule has 0 unspecified atom stereocenters. The average molecular weight is 457 g/mol. The van der Waals surface area contributed by atoms with Crippen LogP contribution in [-0.2, 0) is 17.9 Å². The van der Waals surface area contributed by atoms with Gasteiger partial charge in [0.25, 0.3) is 0 Å². The van der Waals surface area contributed by atoms with E-state index in [0.29, 0.717) is 12.6 Å². The Bertz CT molecular complexity index is 1330. The largest absolute Gasteiger partial charge is 0.497 e. The number of aryl methyl sites for hydroxylation is 3. The first kappa shape index (κ1) is 22.4. The van der Waals surface area contributed by atoms with Gasteiger partial charge in [0.1, 0.15) is 11.6 Å². The molecule has 0 spiro atoms. The maximum Gasteiger partial charge on any atom is 0.165 e. The molecule has 0 atom stereocenters. The fourth-order valence-electron chi connectivity index (χ4n) is 4.79. The number of anilines is 1. The maximum atomic E-state index is 5.64. The normalized spacial score (nSPS) is 13.4. The van der Waals surface area contributed by atoms with Crippen molar-refractivity contribution < 1.29 is 9.47 Å². The van der Waals surface area contributed by atoms with Crippen LogP contribution >= 0.6 is 0 Å². The number of ether oxygens (including phenoxy) is 2. The van der Waals surface area contributed by atoms with Crippen molar-refractivity contribution in [3.8, 4) is 16.9 Å².